The number of nitrogens with one attached hydrogen (secondary N) is 1. The van der Waals surface area contributed by atoms with E-state index in [1.807, 2.05) is 18.2 Å². The van der Waals surface area contributed by atoms with E-state index < -0.39 is 0 Å². The van der Waals surface area contributed by atoms with Crippen LogP contribution in [0.4, 0.5) is 5.95 Å². The Hall–Kier alpha value is -2.47. The van der Waals surface area contributed by atoms with E-state index in [1.54, 1.807) is 6.92 Å². The number of carbonyl (C=O) groups excluding carboxylic acids is 1. The van der Waals surface area contributed by atoms with Gasteiger partial charge < -0.3 is 11.1 Å². The van der Waals surface area contributed by atoms with Crippen LogP contribution in [0.1, 0.15) is 46.9 Å². The summed E-state index contributed by atoms with van der Waals surface area (Å²) < 4.78 is 0. The molecule has 0 spiro atoms. The molecule has 2 heterocycles. The van der Waals surface area contributed by atoms with Crippen molar-refractivity contribution in [2.75, 3.05) is 25.4 Å². The van der Waals surface area contributed by atoms with Crippen LogP contribution in [0.15, 0.2) is 36.5 Å². The highest BCUT2D eigenvalue weighted by Gasteiger charge is 2.23. The number of likely N-dealkylation sites (tertiary alicyclic amines) is 1. The molecule has 0 saturated carbocycles. The second-order valence-electron chi connectivity index (χ2n) is 6.46. The summed E-state index contributed by atoms with van der Waals surface area (Å²) in [4.78, 5) is 23.0. The van der Waals surface area contributed by atoms with Gasteiger partial charge in [0.2, 0.25) is 5.95 Å². The summed E-state index contributed by atoms with van der Waals surface area (Å²) in [6, 6.07) is 10.6. The number of piperidine rings is 1. The molecule has 1 aliphatic heterocycles. The van der Waals surface area contributed by atoms with Gasteiger partial charge in [0.05, 0.1) is 17.3 Å². The third-order valence-corrected chi connectivity index (χ3v) is 4.71. The van der Waals surface area contributed by atoms with Crippen LogP contribution in [0, 0.1) is 6.92 Å². The van der Waals surface area contributed by atoms with E-state index in [4.69, 9.17) is 5.73 Å². The Morgan fingerprint density at radius 1 is 1.24 bits per heavy atom. The molecule has 0 radical (unpaired) electrons. The number of hydrogen-bond donors (Lipinski definition) is 2. The lowest BCUT2D eigenvalue weighted by atomic mass is 10.0. The van der Waals surface area contributed by atoms with Gasteiger partial charge in [-0.2, -0.15) is 0 Å². The van der Waals surface area contributed by atoms with Gasteiger partial charge in [0.1, 0.15) is 0 Å². The van der Waals surface area contributed by atoms with E-state index in [1.165, 1.54) is 31.0 Å². The molecule has 1 aromatic carbocycles. The van der Waals surface area contributed by atoms with Crippen LogP contribution in [-0.4, -0.2) is 40.4 Å². The second kappa shape index (κ2) is 8.07. The zero-order valence-electron chi connectivity index (χ0n) is 14.6. The topological polar surface area (TPSA) is 84.1 Å². The fraction of sp³-hybridized carbons (Fsp3) is 0.421. The minimum absolute atomic E-state index is 0.157. The van der Waals surface area contributed by atoms with Crippen molar-refractivity contribution in [3.63, 3.8) is 0 Å². The number of nitrogens with two attached hydrogens (primary N) is 1. The monoisotopic (exact) mass is 339 g/mol. The highest BCUT2D eigenvalue weighted by atomic mass is 16.1. The molecule has 1 saturated heterocycles. The average molecular weight is 339 g/mol. The van der Waals surface area contributed by atoms with Crippen LogP contribution in [0.2, 0.25) is 0 Å². The number of anilines is 1. The van der Waals surface area contributed by atoms with Crippen molar-refractivity contribution in [3.8, 4) is 0 Å². The molecule has 1 aromatic heterocycles. The standard InChI is InChI=1S/C19H25N5O/c1-14-16(12-22-19(20)23-14)18(25)21-13-17(15-8-4-2-5-9-15)24-10-6-3-7-11-24/h2,4-5,8-9,12,17H,3,6-7,10-11,13H2,1H3,(H,21,25)(H2,20,22,23). The molecular weight excluding hydrogens is 314 g/mol. The molecule has 3 N–H and O–H groups in total. The predicted octanol–water partition coefficient (Wildman–Crippen LogP) is 2.32. The van der Waals surface area contributed by atoms with Crippen molar-refractivity contribution in [3.05, 3.63) is 53.3 Å². The molecule has 2 aromatic rings. The first-order chi connectivity index (χ1) is 12.1. The third kappa shape index (κ3) is 4.33. The maximum absolute atomic E-state index is 12.5. The first-order valence-electron chi connectivity index (χ1n) is 8.81. The molecule has 0 bridgehead atoms. The Morgan fingerprint density at radius 2 is 1.96 bits per heavy atom. The van der Waals surface area contributed by atoms with Crippen molar-refractivity contribution < 1.29 is 4.79 Å². The van der Waals surface area contributed by atoms with Gasteiger partial charge in [0.25, 0.3) is 5.91 Å². The first kappa shape index (κ1) is 17.4. The molecule has 6 nitrogen and oxygen atoms in total. The van der Waals surface area contributed by atoms with Crippen molar-refractivity contribution in [1.82, 2.24) is 20.2 Å². The molecule has 25 heavy (non-hydrogen) atoms. The predicted molar refractivity (Wildman–Crippen MR) is 98.1 cm³/mol. The largest absolute Gasteiger partial charge is 0.368 e. The summed E-state index contributed by atoms with van der Waals surface area (Å²) in [7, 11) is 0. The van der Waals surface area contributed by atoms with E-state index in [0.717, 1.165) is 13.1 Å². The normalized spacial score (nSPS) is 16.4. The van der Waals surface area contributed by atoms with Crippen LogP contribution in [-0.2, 0) is 0 Å². The second-order valence-corrected chi connectivity index (χ2v) is 6.46. The minimum atomic E-state index is -0.157. The van der Waals surface area contributed by atoms with Gasteiger partial charge in [-0.15, -0.1) is 0 Å². The number of amides is 1. The quantitative estimate of drug-likeness (QED) is 0.873. The number of aryl methyl sites for hydroxylation is 1. The number of carbonyl (C=O) groups is 1. The van der Waals surface area contributed by atoms with Crippen LogP contribution in [0.25, 0.3) is 0 Å². The molecule has 0 aliphatic carbocycles. The molecule has 1 atom stereocenters. The fourth-order valence-corrected chi connectivity index (χ4v) is 3.36. The van der Waals surface area contributed by atoms with Gasteiger partial charge in [0, 0.05) is 12.7 Å². The number of rotatable bonds is 5. The maximum atomic E-state index is 12.5. The summed E-state index contributed by atoms with van der Waals surface area (Å²) in [5.41, 5.74) is 7.86. The van der Waals surface area contributed by atoms with Gasteiger partial charge in [-0.1, -0.05) is 36.8 Å². The molecule has 1 fully saturated rings. The zero-order valence-corrected chi connectivity index (χ0v) is 14.6. The van der Waals surface area contributed by atoms with E-state index in [9.17, 15) is 4.79 Å². The summed E-state index contributed by atoms with van der Waals surface area (Å²) in [6.07, 6.45) is 5.20. The van der Waals surface area contributed by atoms with E-state index in [-0.39, 0.29) is 17.9 Å². The summed E-state index contributed by atoms with van der Waals surface area (Å²) in [5, 5.41) is 3.05. The lowest BCUT2D eigenvalue weighted by molar-refractivity contribution is 0.0923. The summed E-state index contributed by atoms with van der Waals surface area (Å²) in [6.45, 7) is 4.47. The number of nitrogens with zero attached hydrogens (tertiary/aromatic N) is 3. The smallest absolute Gasteiger partial charge is 0.254 e. The van der Waals surface area contributed by atoms with Gasteiger partial charge in [-0.3, -0.25) is 9.69 Å². The third-order valence-electron chi connectivity index (χ3n) is 4.71. The van der Waals surface area contributed by atoms with Gasteiger partial charge >= 0.3 is 0 Å². The highest BCUT2D eigenvalue weighted by molar-refractivity contribution is 5.95. The number of aromatic nitrogens is 2. The average Bonchev–Trinajstić information content (AvgIpc) is 2.63. The van der Waals surface area contributed by atoms with Gasteiger partial charge in [-0.25, -0.2) is 9.97 Å². The minimum Gasteiger partial charge on any atom is -0.368 e. The van der Waals surface area contributed by atoms with Crippen LogP contribution < -0.4 is 11.1 Å². The van der Waals surface area contributed by atoms with Gasteiger partial charge in [0.15, 0.2) is 0 Å². The molecule has 1 aliphatic rings. The molecule has 1 unspecified atom stereocenters. The van der Waals surface area contributed by atoms with E-state index in [2.05, 4.69) is 32.3 Å². The first-order valence-corrected chi connectivity index (χ1v) is 8.81. The Labute approximate surface area is 148 Å². The number of nitrogen functional groups attached to an aromatic ring is 1. The molecule has 1 amide bonds. The summed E-state index contributed by atoms with van der Waals surface area (Å²) in [5.74, 6) is 0.0277. The molecule has 132 valence electrons. The molecular formula is C19H25N5O. The SMILES string of the molecule is Cc1nc(N)ncc1C(=O)NCC(c1ccccc1)N1CCCCC1. The Bertz CT molecular complexity index is 713. The Kier molecular flexibility index (Phi) is 5.60. The fourth-order valence-electron chi connectivity index (χ4n) is 3.36. The highest BCUT2D eigenvalue weighted by Crippen LogP contribution is 2.24. The van der Waals surface area contributed by atoms with Crippen molar-refractivity contribution in [1.29, 1.82) is 0 Å². The maximum Gasteiger partial charge on any atom is 0.254 e. The lowest BCUT2D eigenvalue weighted by Crippen LogP contribution is -2.40. The van der Waals surface area contributed by atoms with Crippen LogP contribution >= 0.6 is 0 Å². The zero-order chi connectivity index (χ0) is 17.6. The van der Waals surface area contributed by atoms with Crippen molar-refractivity contribution in [2.45, 2.75) is 32.2 Å². The molecule has 3 rings (SSSR count). The number of hydrogen-bond acceptors (Lipinski definition) is 5. The van der Waals surface area contributed by atoms with Crippen molar-refractivity contribution >= 4 is 11.9 Å². The van der Waals surface area contributed by atoms with Crippen LogP contribution in [0.5, 0.6) is 0 Å². The van der Waals surface area contributed by atoms with Crippen LogP contribution in [0.3, 0.4) is 0 Å². The number of benzene rings is 1. The summed E-state index contributed by atoms with van der Waals surface area (Å²) >= 11 is 0. The van der Waals surface area contributed by atoms with Crippen molar-refractivity contribution in [2.24, 2.45) is 0 Å². The van der Waals surface area contributed by atoms with E-state index in [0.29, 0.717) is 17.8 Å². The lowest BCUT2D eigenvalue weighted by Gasteiger charge is -2.35. The Morgan fingerprint density at radius 3 is 2.64 bits per heavy atom. The molecule has 6 heteroatoms. The van der Waals surface area contributed by atoms with Gasteiger partial charge in [-0.05, 0) is 38.4 Å². The van der Waals surface area contributed by atoms with E-state index >= 15 is 0 Å². The Balaban J connectivity index is 1.72.